The number of rotatable bonds is 9. The number of methoxy groups -OCH3 is 1. The molecule has 0 spiro atoms. The van der Waals surface area contributed by atoms with E-state index in [-0.39, 0.29) is 0 Å². The van der Waals surface area contributed by atoms with Crippen LogP contribution in [0, 0.1) is 11.3 Å². The summed E-state index contributed by atoms with van der Waals surface area (Å²) in [5.74, 6) is -0.498. The summed E-state index contributed by atoms with van der Waals surface area (Å²) in [6.07, 6.45) is 3.06. The fourth-order valence-corrected chi connectivity index (χ4v) is 4.94. The van der Waals surface area contributed by atoms with Gasteiger partial charge in [-0.25, -0.2) is 9.78 Å². The molecular weight excluding hydrogens is 540 g/mol. The molecule has 2 amide bonds. The van der Waals surface area contributed by atoms with Gasteiger partial charge in [-0.1, -0.05) is 72.8 Å². The first-order chi connectivity index (χ1) is 21.1. The number of hydrazine groups is 1. The monoisotopic (exact) mass is 570 g/mol. The van der Waals surface area contributed by atoms with Gasteiger partial charge in [-0.3, -0.25) is 20.1 Å². The van der Waals surface area contributed by atoms with Crippen LogP contribution in [-0.4, -0.2) is 40.5 Å². The van der Waals surface area contributed by atoms with Gasteiger partial charge in [0.15, 0.2) is 0 Å². The molecule has 5 rings (SSSR count). The van der Waals surface area contributed by atoms with E-state index in [1.54, 1.807) is 36.7 Å². The number of nitrogens with zero attached hydrogens (tertiary/aromatic N) is 5. The van der Waals surface area contributed by atoms with Crippen LogP contribution >= 0.6 is 0 Å². The number of nitriles is 1. The number of pyridine rings is 2. The summed E-state index contributed by atoms with van der Waals surface area (Å²) >= 11 is 0. The summed E-state index contributed by atoms with van der Waals surface area (Å²) in [7, 11) is 1.26. The van der Waals surface area contributed by atoms with Crippen LogP contribution in [0.4, 0.5) is 10.5 Å². The van der Waals surface area contributed by atoms with E-state index in [2.05, 4.69) is 21.4 Å². The fraction of sp³-hybridized carbons (Fsp3) is 0.147. The Hall–Kier alpha value is -5.59. The van der Waals surface area contributed by atoms with E-state index in [9.17, 15) is 14.9 Å². The smallest absolute Gasteiger partial charge is 0.433 e. The molecule has 0 fully saturated rings. The predicted octanol–water partition coefficient (Wildman–Crippen LogP) is 6.13. The van der Waals surface area contributed by atoms with E-state index in [0.29, 0.717) is 59.5 Å². The Bertz CT molecular complexity index is 1740. The van der Waals surface area contributed by atoms with E-state index in [0.717, 1.165) is 16.1 Å². The van der Waals surface area contributed by atoms with Crippen molar-refractivity contribution in [2.75, 3.05) is 18.7 Å². The molecule has 2 aromatic heterocycles. The normalized spacial score (nSPS) is 10.7. The second-order valence-electron chi connectivity index (χ2n) is 9.76. The Kier molecular flexibility index (Phi) is 9.32. The molecule has 0 saturated carbocycles. The lowest BCUT2D eigenvalue weighted by Gasteiger charge is -2.27. The lowest BCUT2D eigenvalue weighted by Crippen LogP contribution is -2.47. The molecule has 0 bridgehead atoms. The number of aromatic nitrogens is 2. The highest BCUT2D eigenvalue weighted by Crippen LogP contribution is 2.32. The molecule has 0 unspecified atom stereocenters. The number of anilines is 1. The molecule has 9 nitrogen and oxygen atoms in total. The molecule has 0 aliphatic carbocycles. The van der Waals surface area contributed by atoms with Crippen molar-refractivity contribution < 1.29 is 14.3 Å². The lowest BCUT2D eigenvalue weighted by molar-refractivity contribution is 0.0940. The van der Waals surface area contributed by atoms with Crippen LogP contribution in [0.3, 0.4) is 0 Å². The molecule has 5 aromatic rings. The molecule has 43 heavy (non-hydrogen) atoms. The Morgan fingerprint density at radius 2 is 1.63 bits per heavy atom. The predicted molar refractivity (Wildman–Crippen MR) is 165 cm³/mol. The number of para-hydroxylation sites is 2. The minimum absolute atomic E-state index is 0.299. The lowest BCUT2D eigenvalue weighted by atomic mass is 9.95. The molecule has 0 saturated heterocycles. The van der Waals surface area contributed by atoms with Crippen LogP contribution in [-0.2, 0) is 17.8 Å². The number of benzene rings is 3. The van der Waals surface area contributed by atoms with Crippen LogP contribution in [0.1, 0.15) is 27.9 Å². The Labute approximate surface area is 250 Å². The largest absolute Gasteiger partial charge is 0.451 e. The summed E-state index contributed by atoms with van der Waals surface area (Å²) in [6.45, 7) is 1.28. The zero-order valence-corrected chi connectivity index (χ0v) is 23.7. The van der Waals surface area contributed by atoms with Crippen LogP contribution in [0.15, 0.2) is 109 Å². The van der Waals surface area contributed by atoms with Gasteiger partial charge in [0.1, 0.15) is 0 Å². The summed E-state index contributed by atoms with van der Waals surface area (Å²) in [6, 6.07) is 32.0. The van der Waals surface area contributed by atoms with Crippen LogP contribution < -0.4 is 10.4 Å². The Morgan fingerprint density at radius 3 is 2.33 bits per heavy atom. The van der Waals surface area contributed by atoms with Gasteiger partial charge in [0.2, 0.25) is 0 Å². The van der Waals surface area contributed by atoms with Crippen LogP contribution in [0.2, 0.25) is 0 Å². The molecule has 9 heteroatoms. The average molecular weight is 571 g/mol. The molecule has 1 N–H and O–H groups in total. The summed E-state index contributed by atoms with van der Waals surface area (Å²) < 4.78 is 5.00. The van der Waals surface area contributed by atoms with E-state index >= 15 is 0 Å². The summed E-state index contributed by atoms with van der Waals surface area (Å²) in [4.78, 5) is 38.6. The number of carbonyl (C=O) groups is 2. The highest BCUT2D eigenvalue weighted by atomic mass is 16.5. The highest BCUT2D eigenvalue weighted by molar-refractivity contribution is 6.10. The number of ether oxygens (including phenoxy) is 1. The van der Waals surface area contributed by atoms with Crippen LogP contribution in [0.5, 0.6) is 0 Å². The van der Waals surface area contributed by atoms with Gasteiger partial charge < -0.3 is 4.74 Å². The van der Waals surface area contributed by atoms with Crippen molar-refractivity contribution in [2.24, 2.45) is 0 Å². The zero-order valence-electron chi connectivity index (χ0n) is 23.7. The van der Waals surface area contributed by atoms with Crippen molar-refractivity contribution >= 4 is 28.6 Å². The van der Waals surface area contributed by atoms with Crippen molar-refractivity contribution in [1.29, 1.82) is 5.26 Å². The maximum atomic E-state index is 14.4. The van der Waals surface area contributed by atoms with E-state index < -0.39 is 12.0 Å². The molecule has 2 heterocycles. The van der Waals surface area contributed by atoms with Gasteiger partial charge >= 0.3 is 6.09 Å². The molecular formula is C34H30N6O3. The maximum absolute atomic E-state index is 14.4. The van der Waals surface area contributed by atoms with Gasteiger partial charge in [0.25, 0.3) is 5.91 Å². The Morgan fingerprint density at radius 1 is 0.907 bits per heavy atom. The standard InChI is InChI=1S/C34H30N6O3/c1-43-34(42)40(27-15-6-3-7-16-27)38-33(41)31-28-17-8-9-18-30(28)37-32(26-13-4-2-5-14-26)29(31)24-39(21-11-19-35)23-25-12-10-20-36-22-25/h2-10,12-18,20,22H,11,21,23-24H2,1H3,(H,38,41). The number of hydrogen-bond acceptors (Lipinski definition) is 7. The summed E-state index contributed by atoms with van der Waals surface area (Å²) in [5.41, 5.74) is 7.37. The minimum Gasteiger partial charge on any atom is -0.451 e. The van der Waals surface area contributed by atoms with Gasteiger partial charge in [-0.05, 0) is 29.8 Å². The molecule has 214 valence electrons. The SMILES string of the molecule is COC(=O)N(NC(=O)c1c(CN(CCC#N)Cc2cccnc2)c(-c2ccccc2)nc2ccccc12)c1ccccc1. The second kappa shape index (κ2) is 13.9. The Balaban J connectivity index is 1.67. The van der Waals surface area contributed by atoms with E-state index in [1.807, 2.05) is 72.8 Å². The average Bonchev–Trinajstić information content (AvgIpc) is 3.06. The van der Waals surface area contributed by atoms with E-state index in [4.69, 9.17) is 9.72 Å². The molecule has 0 radical (unpaired) electrons. The number of nitrogens with one attached hydrogen (secondary N) is 1. The second-order valence-corrected chi connectivity index (χ2v) is 9.76. The number of amides is 2. The first kappa shape index (κ1) is 28.9. The van der Waals surface area contributed by atoms with Crippen molar-refractivity contribution in [2.45, 2.75) is 19.5 Å². The van der Waals surface area contributed by atoms with Gasteiger partial charge in [-0.15, -0.1) is 0 Å². The molecule has 0 aliphatic rings. The first-order valence-electron chi connectivity index (χ1n) is 13.8. The fourth-order valence-electron chi connectivity index (χ4n) is 4.94. The van der Waals surface area contributed by atoms with E-state index in [1.165, 1.54) is 7.11 Å². The summed E-state index contributed by atoms with van der Waals surface area (Å²) in [5, 5.41) is 11.2. The van der Waals surface area contributed by atoms with Crippen LogP contribution in [0.25, 0.3) is 22.2 Å². The third-order valence-electron chi connectivity index (χ3n) is 6.90. The number of fused-ring (bicyclic) bond motifs is 1. The third kappa shape index (κ3) is 6.84. The maximum Gasteiger partial charge on any atom is 0.433 e. The number of hydrogen-bond donors (Lipinski definition) is 1. The number of carbonyl (C=O) groups excluding carboxylic acids is 2. The van der Waals surface area contributed by atoms with Crippen molar-refractivity contribution in [1.82, 2.24) is 20.3 Å². The highest BCUT2D eigenvalue weighted by Gasteiger charge is 2.27. The minimum atomic E-state index is -0.741. The molecule has 0 aliphatic heterocycles. The first-order valence-corrected chi connectivity index (χ1v) is 13.8. The van der Waals surface area contributed by atoms with Gasteiger partial charge in [-0.2, -0.15) is 10.3 Å². The molecule has 3 aromatic carbocycles. The van der Waals surface area contributed by atoms with Gasteiger partial charge in [0.05, 0.1) is 35.6 Å². The third-order valence-corrected chi connectivity index (χ3v) is 6.90. The molecule has 0 atom stereocenters. The zero-order chi connectivity index (χ0) is 30.0. The quantitative estimate of drug-likeness (QED) is 0.212. The van der Waals surface area contributed by atoms with Crippen molar-refractivity contribution in [3.8, 4) is 17.3 Å². The van der Waals surface area contributed by atoms with Crippen molar-refractivity contribution in [3.05, 3.63) is 126 Å². The topological polar surface area (TPSA) is 111 Å². The van der Waals surface area contributed by atoms with Gasteiger partial charge in [0, 0.05) is 55.0 Å². The van der Waals surface area contributed by atoms with Crippen molar-refractivity contribution in [3.63, 3.8) is 0 Å².